The van der Waals surface area contributed by atoms with E-state index in [2.05, 4.69) is 12.2 Å². The summed E-state index contributed by atoms with van der Waals surface area (Å²) in [6, 6.07) is 0. The summed E-state index contributed by atoms with van der Waals surface area (Å²) in [4.78, 5) is 13.1. The molecule has 0 spiro atoms. The Balaban J connectivity index is 1.82. The average Bonchev–Trinajstić information content (AvgIpc) is 2.76. The SMILES string of the molecule is CC(=O)N1CC2C3C=CC(O3)C2C1. The molecule has 2 bridgehead atoms. The molecule has 0 aromatic heterocycles. The molecular formula is C10H13NO2. The Morgan fingerprint density at radius 3 is 2.31 bits per heavy atom. The summed E-state index contributed by atoms with van der Waals surface area (Å²) in [5.74, 6) is 1.34. The maximum Gasteiger partial charge on any atom is 0.219 e. The Morgan fingerprint density at radius 1 is 1.31 bits per heavy atom. The molecule has 13 heavy (non-hydrogen) atoms. The van der Waals surface area contributed by atoms with Crippen LogP contribution in [-0.4, -0.2) is 36.1 Å². The molecular weight excluding hydrogens is 166 g/mol. The fourth-order valence-corrected chi connectivity index (χ4v) is 2.78. The number of rotatable bonds is 0. The van der Waals surface area contributed by atoms with Crippen LogP contribution < -0.4 is 0 Å². The van der Waals surface area contributed by atoms with Crippen LogP contribution in [0.1, 0.15) is 6.92 Å². The van der Waals surface area contributed by atoms with Gasteiger partial charge in [-0.2, -0.15) is 0 Å². The number of likely N-dealkylation sites (tertiary alicyclic amines) is 1. The number of ether oxygens (including phenoxy) is 1. The Hall–Kier alpha value is -0.830. The van der Waals surface area contributed by atoms with Gasteiger partial charge < -0.3 is 9.64 Å². The second kappa shape index (κ2) is 2.35. The molecule has 70 valence electrons. The highest BCUT2D eigenvalue weighted by Crippen LogP contribution is 2.43. The van der Waals surface area contributed by atoms with Crippen LogP contribution in [0.25, 0.3) is 0 Å². The first-order chi connectivity index (χ1) is 6.25. The van der Waals surface area contributed by atoms with Crippen LogP contribution in [-0.2, 0) is 9.53 Å². The van der Waals surface area contributed by atoms with Gasteiger partial charge in [-0.25, -0.2) is 0 Å². The Kier molecular flexibility index (Phi) is 1.37. The van der Waals surface area contributed by atoms with E-state index in [1.807, 2.05) is 4.90 Å². The maximum absolute atomic E-state index is 11.2. The minimum Gasteiger partial charge on any atom is -0.366 e. The smallest absolute Gasteiger partial charge is 0.219 e. The highest BCUT2D eigenvalue weighted by Gasteiger charge is 2.50. The highest BCUT2D eigenvalue weighted by atomic mass is 16.5. The number of carbonyl (C=O) groups excluding carboxylic acids is 1. The van der Waals surface area contributed by atoms with Gasteiger partial charge in [-0.05, 0) is 0 Å². The summed E-state index contributed by atoms with van der Waals surface area (Å²) < 4.78 is 5.72. The van der Waals surface area contributed by atoms with Crippen LogP contribution in [0.2, 0.25) is 0 Å². The zero-order chi connectivity index (χ0) is 9.00. The van der Waals surface area contributed by atoms with Gasteiger partial charge >= 0.3 is 0 Å². The molecule has 4 unspecified atom stereocenters. The van der Waals surface area contributed by atoms with E-state index in [1.54, 1.807) is 6.92 Å². The van der Waals surface area contributed by atoms with Crippen LogP contribution in [0.15, 0.2) is 12.2 Å². The number of amides is 1. The quantitative estimate of drug-likeness (QED) is 0.504. The molecule has 0 N–H and O–H groups in total. The van der Waals surface area contributed by atoms with E-state index in [1.165, 1.54) is 0 Å². The number of hydrogen-bond donors (Lipinski definition) is 0. The van der Waals surface area contributed by atoms with E-state index >= 15 is 0 Å². The van der Waals surface area contributed by atoms with Gasteiger partial charge in [-0.3, -0.25) is 4.79 Å². The molecule has 0 aromatic carbocycles. The lowest BCUT2D eigenvalue weighted by atomic mass is 9.86. The van der Waals surface area contributed by atoms with Crippen molar-refractivity contribution in [3.05, 3.63) is 12.2 Å². The van der Waals surface area contributed by atoms with Crippen molar-refractivity contribution in [2.24, 2.45) is 11.8 Å². The van der Waals surface area contributed by atoms with E-state index in [9.17, 15) is 4.79 Å². The second-order valence-electron chi connectivity index (χ2n) is 4.20. The molecule has 1 amide bonds. The van der Waals surface area contributed by atoms with E-state index in [4.69, 9.17) is 4.74 Å². The molecule has 3 aliphatic heterocycles. The number of hydrogen-bond acceptors (Lipinski definition) is 2. The highest BCUT2D eigenvalue weighted by molar-refractivity contribution is 5.73. The molecule has 0 aromatic rings. The molecule has 2 fully saturated rings. The fraction of sp³-hybridized carbons (Fsp3) is 0.700. The summed E-state index contributed by atoms with van der Waals surface area (Å²) in [6.07, 6.45) is 4.88. The van der Waals surface area contributed by atoms with E-state index in [-0.39, 0.29) is 5.91 Å². The molecule has 0 aliphatic carbocycles. The molecule has 0 saturated carbocycles. The zero-order valence-electron chi connectivity index (χ0n) is 7.64. The number of fused-ring (bicyclic) bond motifs is 5. The van der Waals surface area contributed by atoms with Crippen LogP contribution in [0.3, 0.4) is 0 Å². The predicted molar refractivity (Wildman–Crippen MR) is 47.0 cm³/mol. The normalized spacial score (nSPS) is 45.8. The van der Waals surface area contributed by atoms with E-state index < -0.39 is 0 Å². The zero-order valence-corrected chi connectivity index (χ0v) is 7.64. The van der Waals surface area contributed by atoms with Crippen molar-refractivity contribution >= 4 is 5.91 Å². The first kappa shape index (κ1) is 7.56. The minimum absolute atomic E-state index is 0.203. The van der Waals surface area contributed by atoms with Crippen molar-refractivity contribution < 1.29 is 9.53 Å². The van der Waals surface area contributed by atoms with Gasteiger partial charge in [-0.15, -0.1) is 0 Å². The summed E-state index contributed by atoms with van der Waals surface area (Å²) in [5, 5.41) is 0. The summed E-state index contributed by atoms with van der Waals surface area (Å²) in [7, 11) is 0. The minimum atomic E-state index is 0.203. The van der Waals surface area contributed by atoms with Gasteiger partial charge in [0.15, 0.2) is 0 Å². The molecule has 3 heteroatoms. The van der Waals surface area contributed by atoms with Crippen LogP contribution in [0, 0.1) is 11.8 Å². The first-order valence-electron chi connectivity index (χ1n) is 4.85. The molecule has 0 radical (unpaired) electrons. The summed E-state index contributed by atoms with van der Waals surface area (Å²) in [5.41, 5.74) is 0. The van der Waals surface area contributed by atoms with Crippen molar-refractivity contribution in [3.63, 3.8) is 0 Å². The Morgan fingerprint density at radius 2 is 1.85 bits per heavy atom. The van der Waals surface area contributed by atoms with Crippen LogP contribution >= 0.6 is 0 Å². The van der Waals surface area contributed by atoms with Crippen LogP contribution in [0.4, 0.5) is 0 Å². The fourth-order valence-electron chi connectivity index (χ4n) is 2.78. The topological polar surface area (TPSA) is 29.5 Å². The lowest BCUT2D eigenvalue weighted by Gasteiger charge is -2.16. The van der Waals surface area contributed by atoms with Gasteiger partial charge in [0.1, 0.15) is 0 Å². The Labute approximate surface area is 77.4 Å². The van der Waals surface area contributed by atoms with Gasteiger partial charge in [0.25, 0.3) is 0 Å². The largest absolute Gasteiger partial charge is 0.366 e. The predicted octanol–water partition coefficient (Wildman–Crippen LogP) is 0.418. The average molecular weight is 179 g/mol. The molecule has 2 saturated heterocycles. The third kappa shape index (κ3) is 0.908. The van der Waals surface area contributed by atoms with Crippen molar-refractivity contribution in [1.82, 2.24) is 4.90 Å². The van der Waals surface area contributed by atoms with Gasteiger partial charge in [0.2, 0.25) is 5.91 Å². The van der Waals surface area contributed by atoms with Gasteiger partial charge in [-0.1, -0.05) is 12.2 Å². The summed E-state index contributed by atoms with van der Waals surface area (Å²) >= 11 is 0. The number of nitrogens with zero attached hydrogens (tertiary/aromatic N) is 1. The van der Waals surface area contributed by atoms with Crippen molar-refractivity contribution in [2.75, 3.05) is 13.1 Å². The van der Waals surface area contributed by atoms with Crippen molar-refractivity contribution in [2.45, 2.75) is 19.1 Å². The standard InChI is InChI=1S/C10H13NO2/c1-6(12)11-4-7-8(5-11)10-3-2-9(7)13-10/h2-3,7-10H,4-5H2,1H3. The Bertz CT molecular complexity index is 267. The lowest BCUT2D eigenvalue weighted by Crippen LogP contribution is -2.29. The molecule has 3 heterocycles. The van der Waals surface area contributed by atoms with E-state index in [0.717, 1.165) is 13.1 Å². The van der Waals surface area contributed by atoms with Crippen molar-refractivity contribution in [1.29, 1.82) is 0 Å². The molecule has 3 nitrogen and oxygen atoms in total. The van der Waals surface area contributed by atoms with Crippen LogP contribution in [0.5, 0.6) is 0 Å². The maximum atomic E-state index is 11.2. The van der Waals surface area contributed by atoms with E-state index in [0.29, 0.717) is 24.0 Å². The molecule has 3 aliphatic rings. The third-order valence-electron chi connectivity index (χ3n) is 3.51. The van der Waals surface area contributed by atoms with Gasteiger partial charge in [0.05, 0.1) is 12.2 Å². The third-order valence-corrected chi connectivity index (χ3v) is 3.51. The number of carbonyl (C=O) groups is 1. The second-order valence-corrected chi connectivity index (χ2v) is 4.20. The monoisotopic (exact) mass is 179 g/mol. The lowest BCUT2D eigenvalue weighted by molar-refractivity contribution is -0.128. The molecule has 3 rings (SSSR count). The van der Waals surface area contributed by atoms with Crippen molar-refractivity contribution in [3.8, 4) is 0 Å². The first-order valence-corrected chi connectivity index (χ1v) is 4.85. The molecule has 4 atom stereocenters. The summed E-state index contributed by atoms with van der Waals surface area (Å²) in [6.45, 7) is 3.44. The van der Waals surface area contributed by atoms with Gasteiger partial charge in [0, 0.05) is 31.8 Å².